The fraction of sp³-hybridized carbons (Fsp3) is 0.0294. The van der Waals surface area contributed by atoms with Crippen LogP contribution in [0.25, 0.3) is 33.0 Å². The standard InChI is InChI=1S/C34H26N4/c35-34(28-7-2-1-3-8-28)33-31-9-5-4-6-27(31)10-11-32(33)38-23-24-20-29(25-12-16-36-17-13-25)22-30(21-24)26-14-18-37-19-15-26/h1-22,35,38H,23H2. The van der Waals surface area contributed by atoms with E-state index in [1.807, 2.05) is 91.5 Å². The lowest BCUT2D eigenvalue weighted by molar-refractivity contribution is 1.15. The van der Waals surface area contributed by atoms with Crippen molar-refractivity contribution in [3.8, 4) is 22.3 Å². The minimum Gasteiger partial charge on any atom is -0.380 e. The number of hydrogen-bond acceptors (Lipinski definition) is 4. The van der Waals surface area contributed by atoms with E-state index in [4.69, 9.17) is 5.41 Å². The van der Waals surface area contributed by atoms with Gasteiger partial charge in [-0.2, -0.15) is 0 Å². The minimum atomic E-state index is 0.507. The van der Waals surface area contributed by atoms with E-state index in [1.165, 1.54) is 0 Å². The molecule has 2 N–H and O–H groups in total. The molecule has 0 unspecified atom stereocenters. The van der Waals surface area contributed by atoms with Crippen LogP contribution in [0.2, 0.25) is 0 Å². The molecule has 0 aliphatic rings. The Kier molecular flexibility index (Phi) is 6.44. The van der Waals surface area contributed by atoms with Gasteiger partial charge in [-0.25, -0.2) is 0 Å². The number of nitrogens with one attached hydrogen (secondary N) is 2. The van der Waals surface area contributed by atoms with Gasteiger partial charge in [-0.3, -0.25) is 15.4 Å². The third-order valence-corrected chi connectivity index (χ3v) is 6.74. The van der Waals surface area contributed by atoms with Gasteiger partial charge in [0.25, 0.3) is 0 Å². The third kappa shape index (κ3) is 4.80. The second-order valence-electron chi connectivity index (χ2n) is 9.19. The van der Waals surface area contributed by atoms with Crippen LogP contribution >= 0.6 is 0 Å². The second kappa shape index (κ2) is 10.5. The van der Waals surface area contributed by atoms with E-state index in [0.717, 1.165) is 55.4 Å². The summed E-state index contributed by atoms with van der Waals surface area (Å²) in [5.74, 6) is 0. The van der Waals surface area contributed by atoms with Crippen molar-refractivity contribution in [2.24, 2.45) is 0 Å². The first kappa shape index (κ1) is 23.3. The Morgan fingerprint density at radius 1 is 0.605 bits per heavy atom. The van der Waals surface area contributed by atoms with Crippen molar-refractivity contribution in [2.75, 3.05) is 5.32 Å². The van der Waals surface area contributed by atoms with Crippen LogP contribution in [0.1, 0.15) is 16.7 Å². The molecule has 0 aliphatic heterocycles. The topological polar surface area (TPSA) is 61.7 Å². The highest BCUT2D eigenvalue weighted by Crippen LogP contribution is 2.31. The number of anilines is 1. The fourth-order valence-electron chi connectivity index (χ4n) is 4.85. The SMILES string of the molecule is N=C(c1ccccc1)c1c(NCc2cc(-c3ccncc3)cc(-c3ccncc3)c2)ccc2ccccc12. The van der Waals surface area contributed by atoms with E-state index in [1.54, 1.807) is 0 Å². The van der Waals surface area contributed by atoms with Gasteiger partial charge in [0.2, 0.25) is 0 Å². The Hall–Kier alpha value is -5.09. The summed E-state index contributed by atoms with van der Waals surface area (Å²) in [7, 11) is 0. The lowest BCUT2D eigenvalue weighted by Crippen LogP contribution is -2.09. The van der Waals surface area contributed by atoms with Crippen molar-refractivity contribution in [3.05, 3.63) is 151 Å². The first-order valence-corrected chi connectivity index (χ1v) is 12.6. The molecule has 0 saturated carbocycles. The maximum Gasteiger partial charge on any atom is 0.0711 e. The number of nitrogens with zero attached hydrogens (tertiary/aromatic N) is 2. The molecule has 4 nitrogen and oxygen atoms in total. The van der Waals surface area contributed by atoms with Gasteiger partial charge in [-0.1, -0.05) is 60.7 Å². The molecule has 0 radical (unpaired) electrons. The number of pyridine rings is 2. The van der Waals surface area contributed by atoms with Gasteiger partial charge in [0.15, 0.2) is 0 Å². The zero-order valence-electron chi connectivity index (χ0n) is 20.8. The number of fused-ring (bicyclic) bond motifs is 1. The summed E-state index contributed by atoms with van der Waals surface area (Å²) in [6.07, 6.45) is 7.29. The summed E-state index contributed by atoms with van der Waals surface area (Å²) in [6, 6.07) is 37.2. The molecule has 6 aromatic rings. The van der Waals surface area contributed by atoms with Gasteiger partial charge in [-0.15, -0.1) is 0 Å². The number of hydrogen-bond donors (Lipinski definition) is 2. The summed E-state index contributed by atoms with van der Waals surface area (Å²) in [6.45, 7) is 0.615. The van der Waals surface area contributed by atoms with Crippen molar-refractivity contribution in [1.82, 2.24) is 9.97 Å². The Morgan fingerprint density at radius 2 is 1.21 bits per heavy atom. The molecule has 0 saturated heterocycles. The first-order valence-electron chi connectivity index (χ1n) is 12.6. The number of rotatable bonds is 7. The normalized spacial score (nSPS) is 10.8. The quantitative estimate of drug-likeness (QED) is 0.223. The van der Waals surface area contributed by atoms with Crippen molar-refractivity contribution in [2.45, 2.75) is 6.54 Å². The first-order chi connectivity index (χ1) is 18.8. The highest BCUT2D eigenvalue weighted by molar-refractivity contribution is 6.21. The average molecular weight is 491 g/mol. The van der Waals surface area contributed by atoms with Crippen LogP contribution in [0.15, 0.2) is 134 Å². The molecule has 6 rings (SSSR count). The Morgan fingerprint density at radius 3 is 1.87 bits per heavy atom. The molecule has 0 bridgehead atoms. The summed E-state index contributed by atoms with van der Waals surface area (Å²) in [5, 5.41) is 15.0. The smallest absolute Gasteiger partial charge is 0.0711 e. The molecule has 2 heterocycles. The van der Waals surface area contributed by atoms with Crippen molar-refractivity contribution >= 4 is 22.2 Å². The van der Waals surface area contributed by atoms with Gasteiger partial charge in [0.1, 0.15) is 0 Å². The molecule has 0 aliphatic carbocycles. The van der Waals surface area contributed by atoms with Crippen LogP contribution in [0.5, 0.6) is 0 Å². The largest absolute Gasteiger partial charge is 0.380 e. The number of benzene rings is 4. The molecule has 4 heteroatoms. The summed E-state index contributed by atoms with van der Waals surface area (Å²) in [5.41, 5.74) is 8.91. The van der Waals surface area contributed by atoms with Gasteiger partial charge in [0, 0.05) is 48.1 Å². The maximum atomic E-state index is 9.12. The van der Waals surface area contributed by atoms with Gasteiger partial charge in [-0.05, 0) is 87.1 Å². The third-order valence-electron chi connectivity index (χ3n) is 6.74. The molecule has 2 aromatic heterocycles. The molecular weight excluding hydrogens is 464 g/mol. The van der Waals surface area contributed by atoms with E-state index in [-0.39, 0.29) is 0 Å². The summed E-state index contributed by atoms with van der Waals surface area (Å²) in [4.78, 5) is 8.37. The van der Waals surface area contributed by atoms with Crippen LogP contribution in [0, 0.1) is 5.41 Å². The predicted octanol–water partition coefficient (Wildman–Crippen LogP) is 7.99. The fourth-order valence-corrected chi connectivity index (χ4v) is 4.85. The molecule has 0 amide bonds. The summed E-state index contributed by atoms with van der Waals surface area (Å²) >= 11 is 0. The van der Waals surface area contributed by atoms with E-state index in [2.05, 4.69) is 57.7 Å². The van der Waals surface area contributed by atoms with Crippen LogP contribution in [-0.2, 0) is 6.54 Å². The lowest BCUT2D eigenvalue weighted by Gasteiger charge is -2.17. The van der Waals surface area contributed by atoms with Crippen LogP contribution in [-0.4, -0.2) is 15.7 Å². The Labute approximate surface area is 222 Å². The molecule has 38 heavy (non-hydrogen) atoms. The molecule has 0 fully saturated rings. The molecule has 182 valence electrons. The Balaban J connectivity index is 1.40. The highest BCUT2D eigenvalue weighted by Gasteiger charge is 2.15. The molecule has 0 spiro atoms. The van der Waals surface area contributed by atoms with Crippen LogP contribution in [0.3, 0.4) is 0 Å². The van der Waals surface area contributed by atoms with Crippen molar-refractivity contribution in [1.29, 1.82) is 5.41 Å². The number of aromatic nitrogens is 2. The van der Waals surface area contributed by atoms with E-state index < -0.39 is 0 Å². The minimum absolute atomic E-state index is 0.507. The molecular formula is C34H26N4. The Bertz CT molecular complexity index is 1650. The van der Waals surface area contributed by atoms with Crippen LogP contribution in [0.4, 0.5) is 5.69 Å². The molecule has 4 aromatic carbocycles. The van der Waals surface area contributed by atoms with Gasteiger partial charge < -0.3 is 5.32 Å². The zero-order chi connectivity index (χ0) is 25.7. The predicted molar refractivity (Wildman–Crippen MR) is 157 cm³/mol. The molecule has 0 atom stereocenters. The van der Waals surface area contributed by atoms with Crippen molar-refractivity contribution < 1.29 is 0 Å². The average Bonchev–Trinajstić information content (AvgIpc) is 3.00. The second-order valence-corrected chi connectivity index (χ2v) is 9.19. The maximum absolute atomic E-state index is 9.12. The van der Waals surface area contributed by atoms with Crippen molar-refractivity contribution in [3.63, 3.8) is 0 Å². The van der Waals surface area contributed by atoms with E-state index in [0.29, 0.717) is 12.3 Å². The monoisotopic (exact) mass is 490 g/mol. The van der Waals surface area contributed by atoms with Gasteiger partial charge >= 0.3 is 0 Å². The lowest BCUT2D eigenvalue weighted by atomic mass is 9.94. The van der Waals surface area contributed by atoms with E-state index >= 15 is 0 Å². The highest BCUT2D eigenvalue weighted by atomic mass is 14.9. The van der Waals surface area contributed by atoms with E-state index in [9.17, 15) is 0 Å². The van der Waals surface area contributed by atoms with Crippen LogP contribution < -0.4 is 5.32 Å². The zero-order valence-corrected chi connectivity index (χ0v) is 20.8. The van der Waals surface area contributed by atoms with Gasteiger partial charge in [0.05, 0.1) is 5.71 Å². The summed E-state index contributed by atoms with van der Waals surface area (Å²) < 4.78 is 0.